The van der Waals surface area contributed by atoms with Gasteiger partial charge in [-0.25, -0.2) is 4.68 Å². The van der Waals surface area contributed by atoms with Crippen molar-refractivity contribution in [3.05, 3.63) is 52.3 Å². The molecule has 1 aliphatic heterocycles. The van der Waals surface area contributed by atoms with Gasteiger partial charge in [0.2, 0.25) is 5.91 Å². The zero-order valence-corrected chi connectivity index (χ0v) is 13.8. The van der Waals surface area contributed by atoms with E-state index >= 15 is 0 Å². The number of hydrogen-bond donors (Lipinski definition) is 0. The van der Waals surface area contributed by atoms with E-state index in [-0.39, 0.29) is 18.0 Å². The summed E-state index contributed by atoms with van der Waals surface area (Å²) >= 11 is 0. The molecule has 126 valence electrons. The maximum atomic E-state index is 12.3. The van der Waals surface area contributed by atoms with Crippen molar-refractivity contribution in [1.82, 2.24) is 14.7 Å². The van der Waals surface area contributed by atoms with Gasteiger partial charge in [-0.3, -0.25) is 9.59 Å². The Morgan fingerprint density at radius 2 is 1.83 bits per heavy atom. The van der Waals surface area contributed by atoms with Gasteiger partial charge < -0.3 is 9.64 Å². The summed E-state index contributed by atoms with van der Waals surface area (Å²) in [6, 6.07) is 11.2. The third kappa shape index (κ3) is 3.71. The van der Waals surface area contributed by atoms with Gasteiger partial charge in [0.25, 0.3) is 5.56 Å². The van der Waals surface area contributed by atoms with Crippen molar-refractivity contribution in [3.8, 4) is 11.3 Å². The maximum absolute atomic E-state index is 12.3. The number of rotatable bonds is 4. The summed E-state index contributed by atoms with van der Waals surface area (Å²) in [4.78, 5) is 26.1. The molecule has 6 heteroatoms. The Morgan fingerprint density at radius 3 is 2.50 bits per heavy atom. The van der Waals surface area contributed by atoms with E-state index in [0.717, 1.165) is 12.0 Å². The van der Waals surface area contributed by atoms with Crippen molar-refractivity contribution in [2.75, 3.05) is 26.3 Å². The van der Waals surface area contributed by atoms with Crippen molar-refractivity contribution in [1.29, 1.82) is 0 Å². The van der Waals surface area contributed by atoms with E-state index in [2.05, 4.69) is 12.0 Å². The Morgan fingerprint density at radius 1 is 1.12 bits per heavy atom. The Kier molecular flexibility index (Phi) is 5.05. The highest BCUT2D eigenvalue weighted by Gasteiger charge is 2.18. The first kappa shape index (κ1) is 16.4. The molecule has 0 atom stereocenters. The topological polar surface area (TPSA) is 64.4 Å². The summed E-state index contributed by atoms with van der Waals surface area (Å²) < 4.78 is 6.48. The molecule has 3 rings (SSSR count). The van der Waals surface area contributed by atoms with Crippen molar-refractivity contribution in [2.45, 2.75) is 19.9 Å². The van der Waals surface area contributed by atoms with Crippen LogP contribution in [0.15, 0.2) is 41.2 Å². The fourth-order valence-electron chi connectivity index (χ4n) is 2.67. The standard InChI is InChI=1S/C18H21N3O3/c1-2-14-3-5-15(6-4-14)16-7-8-17(22)21(19-16)13-18(23)20-9-11-24-12-10-20/h3-8H,2,9-13H2,1H3. The molecule has 0 bridgehead atoms. The van der Waals surface area contributed by atoms with E-state index in [1.807, 2.05) is 24.3 Å². The fraction of sp³-hybridized carbons (Fsp3) is 0.389. The van der Waals surface area contributed by atoms with Crippen LogP contribution in [0.1, 0.15) is 12.5 Å². The Bertz CT molecular complexity index is 762. The molecular formula is C18H21N3O3. The zero-order valence-electron chi connectivity index (χ0n) is 13.8. The minimum absolute atomic E-state index is 0.0419. The number of carbonyl (C=O) groups excluding carboxylic acids is 1. The molecule has 2 heterocycles. The van der Waals surface area contributed by atoms with Gasteiger partial charge in [0, 0.05) is 24.7 Å². The SMILES string of the molecule is CCc1ccc(-c2ccc(=O)n(CC(=O)N3CCOCC3)n2)cc1. The van der Waals surface area contributed by atoms with Crippen LogP contribution < -0.4 is 5.56 Å². The van der Waals surface area contributed by atoms with Gasteiger partial charge in [0.15, 0.2) is 0 Å². The van der Waals surface area contributed by atoms with Gasteiger partial charge in [-0.2, -0.15) is 5.10 Å². The summed E-state index contributed by atoms with van der Waals surface area (Å²) in [7, 11) is 0. The molecule has 1 saturated heterocycles. The molecule has 0 radical (unpaired) electrons. The first-order valence-electron chi connectivity index (χ1n) is 8.20. The zero-order chi connectivity index (χ0) is 16.9. The van der Waals surface area contributed by atoms with Crippen LogP contribution in [0, 0.1) is 0 Å². The third-order valence-electron chi connectivity index (χ3n) is 4.17. The Balaban J connectivity index is 1.80. The highest BCUT2D eigenvalue weighted by atomic mass is 16.5. The molecule has 1 aliphatic rings. The number of aromatic nitrogens is 2. The molecule has 24 heavy (non-hydrogen) atoms. The van der Waals surface area contributed by atoms with Gasteiger partial charge >= 0.3 is 0 Å². The Hall–Kier alpha value is -2.47. The lowest BCUT2D eigenvalue weighted by atomic mass is 10.1. The Labute approximate surface area is 140 Å². The number of ether oxygens (including phenoxy) is 1. The number of carbonyl (C=O) groups is 1. The van der Waals surface area contributed by atoms with Gasteiger partial charge in [-0.15, -0.1) is 0 Å². The average Bonchev–Trinajstić information content (AvgIpc) is 2.64. The van der Waals surface area contributed by atoms with Crippen LogP contribution in [0.4, 0.5) is 0 Å². The summed E-state index contributed by atoms with van der Waals surface area (Å²) in [5, 5.41) is 4.36. The van der Waals surface area contributed by atoms with Crippen LogP contribution in [0.25, 0.3) is 11.3 Å². The van der Waals surface area contributed by atoms with Crippen LogP contribution in [0.5, 0.6) is 0 Å². The first-order valence-corrected chi connectivity index (χ1v) is 8.20. The summed E-state index contributed by atoms with van der Waals surface area (Å²) in [6.45, 7) is 4.26. The van der Waals surface area contributed by atoms with Gasteiger partial charge in [0.05, 0.1) is 18.9 Å². The number of aryl methyl sites for hydroxylation is 1. The van der Waals surface area contributed by atoms with Gasteiger partial charge in [0.1, 0.15) is 6.54 Å². The van der Waals surface area contributed by atoms with Crippen molar-refractivity contribution in [3.63, 3.8) is 0 Å². The van der Waals surface area contributed by atoms with Crippen molar-refractivity contribution >= 4 is 5.91 Å². The molecule has 6 nitrogen and oxygen atoms in total. The largest absolute Gasteiger partial charge is 0.378 e. The first-order chi connectivity index (χ1) is 11.7. The van der Waals surface area contributed by atoms with Crippen molar-refractivity contribution in [2.24, 2.45) is 0 Å². The minimum Gasteiger partial charge on any atom is -0.378 e. The summed E-state index contributed by atoms with van der Waals surface area (Å²) in [5.74, 6) is -0.105. The second-order valence-corrected chi connectivity index (χ2v) is 5.76. The van der Waals surface area contributed by atoms with E-state index in [1.165, 1.54) is 16.3 Å². The summed E-state index contributed by atoms with van der Waals surface area (Å²) in [6.07, 6.45) is 0.973. The predicted molar refractivity (Wildman–Crippen MR) is 90.7 cm³/mol. The maximum Gasteiger partial charge on any atom is 0.267 e. The monoisotopic (exact) mass is 327 g/mol. The van der Waals surface area contributed by atoms with Gasteiger partial charge in [-0.05, 0) is 18.1 Å². The van der Waals surface area contributed by atoms with Crippen LogP contribution in [-0.2, 0) is 22.5 Å². The minimum atomic E-state index is -0.273. The molecule has 0 spiro atoms. The highest BCUT2D eigenvalue weighted by Crippen LogP contribution is 2.16. The normalized spacial score (nSPS) is 14.6. The van der Waals surface area contributed by atoms with E-state index in [4.69, 9.17) is 4.74 Å². The number of nitrogens with zero attached hydrogens (tertiary/aromatic N) is 3. The lowest BCUT2D eigenvalue weighted by molar-refractivity contribution is -0.136. The smallest absolute Gasteiger partial charge is 0.267 e. The molecule has 0 saturated carbocycles. The molecule has 0 N–H and O–H groups in total. The molecule has 0 unspecified atom stereocenters. The van der Waals surface area contributed by atoms with E-state index in [9.17, 15) is 9.59 Å². The van der Waals surface area contributed by atoms with E-state index in [1.54, 1.807) is 11.0 Å². The molecule has 0 aliphatic carbocycles. The molecule has 1 aromatic heterocycles. The van der Waals surface area contributed by atoms with Crippen LogP contribution >= 0.6 is 0 Å². The lowest BCUT2D eigenvalue weighted by Crippen LogP contribution is -2.43. The highest BCUT2D eigenvalue weighted by molar-refractivity contribution is 5.76. The van der Waals surface area contributed by atoms with Crippen molar-refractivity contribution < 1.29 is 9.53 Å². The van der Waals surface area contributed by atoms with Gasteiger partial charge in [-0.1, -0.05) is 31.2 Å². The predicted octanol–water partition coefficient (Wildman–Crippen LogP) is 1.33. The summed E-state index contributed by atoms with van der Waals surface area (Å²) in [5.41, 5.74) is 2.59. The molecule has 1 amide bonds. The average molecular weight is 327 g/mol. The number of morpholine rings is 1. The fourth-order valence-corrected chi connectivity index (χ4v) is 2.67. The van der Waals surface area contributed by atoms with Crippen LogP contribution in [-0.4, -0.2) is 46.9 Å². The van der Waals surface area contributed by atoms with Crippen LogP contribution in [0.2, 0.25) is 0 Å². The third-order valence-corrected chi connectivity index (χ3v) is 4.17. The number of hydrogen-bond acceptors (Lipinski definition) is 4. The lowest BCUT2D eigenvalue weighted by Gasteiger charge is -2.26. The second kappa shape index (κ2) is 7.40. The number of amides is 1. The van der Waals surface area contributed by atoms with Crippen LogP contribution in [0.3, 0.4) is 0 Å². The molecule has 2 aromatic rings. The van der Waals surface area contributed by atoms with E-state index in [0.29, 0.717) is 32.0 Å². The van der Waals surface area contributed by atoms with E-state index < -0.39 is 0 Å². The number of benzene rings is 1. The second-order valence-electron chi connectivity index (χ2n) is 5.76. The molecule has 1 fully saturated rings. The quantitative estimate of drug-likeness (QED) is 0.850. The molecular weight excluding hydrogens is 306 g/mol. The molecule has 1 aromatic carbocycles.